The van der Waals surface area contributed by atoms with Crippen molar-refractivity contribution in [3.8, 4) is 0 Å². The van der Waals surface area contributed by atoms with Crippen LogP contribution in [-0.2, 0) is 4.79 Å². The van der Waals surface area contributed by atoms with E-state index in [2.05, 4.69) is 17.3 Å². The van der Waals surface area contributed by atoms with Crippen molar-refractivity contribution >= 4 is 5.91 Å². The monoisotopic (exact) mass is 213 g/mol. The number of likely N-dealkylation sites (tertiary alicyclic amines) is 1. The van der Waals surface area contributed by atoms with E-state index in [1.807, 2.05) is 6.92 Å². The molecule has 88 valence electrons. The molecule has 2 atom stereocenters. The maximum atomic E-state index is 11.5. The second-order valence-corrected chi connectivity index (χ2v) is 4.42. The first-order valence-electron chi connectivity index (χ1n) is 5.88. The van der Waals surface area contributed by atoms with Crippen molar-refractivity contribution in [2.75, 3.05) is 20.1 Å². The average molecular weight is 213 g/mol. The largest absolute Gasteiger partial charge is 0.353 e. The van der Waals surface area contributed by atoms with E-state index in [1.165, 1.54) is 12.8 Å². The Morgan fingerprint density at radius 2 is 2.40 bits per heavy atom. The number of nitrogens with zero attached hydrogens (tertiary/aromatic N) is 1. The number of nitrogens with two attached hydrogens (primary N) is 1. The lowest BCUT2D eigenvalue weighted by molar-refractivity contribution is -0.122. The van der Waals surface area contributed by atoms with E-state index in [1.54, 1.807) is 0 Å². The number of rotatable bonds is 5. The van der Waals surface area contributed by atoms with Crippen molar-refractivity contribution < 1.29 is 4.79 Å². The second kappa shape index (κ2) is 6.08. The van der Waals surface area contributed by atoms with Crippen molar-refractivity contribution in [2.45, 2.75) is 44.7 Å². The topological polar surface area (TPSA) is 58.4 Å². The van der Waals surface area contributed by atoms with E-state index in [9.17, 15) is 4.79 Å². The molecule has 1 aliphatic heterocycles. The summed E-state index contributed by atoms with van der Waals surface area (Å²) in [4.78, 5) is 13.8. The lowest BCUT2D eigenvalue weighted by Crippen LogP contribution is -2.45. The Morgan fingerprint density at radius 1 is 1.67 bits per heavy atom. The van der Waals surface area contributed by atoms with E-state index in [4.69, 9.17) is 5.73 Å². The fourth-order valence-electron chi connectivity index (χ4n) is 2.03. The summed E-state index contributed by atoms with van der Waals surface area (Å²) in [5.74, 6) is -0.00264. The fourth-order valence-corrected chi connectivity index (χ4v) is 2.03. The van der Waals surface area contributed by atoms with Crippen molar-refractivity contribution in [2.24, 2.45) is 5.73 Å². The van der Waals surface area contributed by atoms with Gasteiger partial charge in [-0.1, -0.05) is 13.3 Å². The Hall–Kier alpha value is -0.610. The number of carbonyl (C=O) groups is 1. The Balaban J connectivity index is 2.21. The zero-order valence-corrected chi connectivity index (χ0v) is 9.83. The van der Waals surface area contributed by atoms with Crippen LogP contribution in [0.5, 0.6) is 0 Å². The first-order valence-corrected chi connectivity index (χ1v) is 5.88. The molecule has 3 N–H and O–H groups in total. The Morgan fingerprint density at radius 3 is 2.93 bits per heavy atom. The van der Waals surface area contributed by atoms with Gasteiger partial charge in [-0.3, -0.25) is 4.79 Å². The Kier molecular flexibility index (Phi) is 5.05. The molecular weight excluding hydrogens is 190 g/mol. The molecule has 0 spiro atoms. The van der Waals surface area contributed by atoms with Crippen LogP contribution in [0, 0.1) is 0 Å². The number of likely N-dealkylation sites (N-methyl/N-ethyl adjacent to an activating group) is 1. The first-order chi connectivity index (χ1) is 7.15. The normalized spacial score (nSPS) is 24.1. The molecule has 4 heteroatoms. The zero-order chi connectivity index (χ0) is 11.3. The molecule has 1 saturated heterocycles. The summed E-state index contributed by atoms with van der Waals surface area (Å²) >= 11 is 0. The number of hydrogen-bond acceptors (Lipinski definition) is 3. The van der Waals surface area contributed by atoms with E-state index in [0.29, 0.717) is 6.04 Å². The minimum atomic E-state index is -0.332. The van der Waals surface area contributed by atoms with Crippen molar-refractivity contribution in [1.82, 2.24) is 10.2 Å². The summed E-state index contributed by atoms with van der Waals surface area (Å²) < 4.78 is 0. The van der Waals surface area contributed by atoms with Crippen LogP contribution in [0.15, 0.2) is 0 Å². The third-order valence-electron chi connectivity index (χ3n) is 3.12. The average Bonchev–Trinajstić information content (AvgIpc) is 2.61. The summed E-state index contributed by atoms with van der Waals surface area (Å²) in [7, 11) is 2.11. The highest BCUT2D eigenvalue weighted by Crippen LogP contribution is 2.13. The molecule has 1 rings (SSSR count). The van der Waals surface area contributed by atoms with E-state index >= 15 is 0 Å². The maximum absolute atomic E-state index is 11.5. The van der Waals surface area contributed by atoms with Crippen LogP contribution < -0.4 is 11.1 Å². The summed E-state index contributed by atoms with van der Waals surface area (Å²) in [5.41, 5.74) is 5.72. The minimum Gasteiger partial charge on any atom is -0.353 e. The molecule has 1 heterocycles. The highest BCUT2D eigenvalue weighted by Gasteiger charge is 2.22. The molecule has 0 aromatic rings. The molecule has 1 unspecified atom stereocenters. The molecule has 0 aromatic heterocycles. The van der Waals surface area contributed by atoms with Gasteiger partial charge >= 0.3 is 0 Å². The third kappa shape index (κ3) is 3.80. The van der Waals surface area contributed by atoms with Crippen molar-refractivity contribution in [1.29, 1.82) is 0 Å². The number of nitrogens with one attached hydrogen (secondary N) is 1. The molecule has 1 fully saturated rings. The predicted molar refractivity (Wildman–Crippen MR) is 61.5 cm³/mol. The predicted octanol–water partition coefficient (Wildman–Crippen LogP) is 0.324. The van der Waals surface area contributed by atoms with Crippen LogP contribution >= 0.6 is 0 Å². The van der Waals surface area contributed by atoms with E-state index in [-0.39, 0.29) is 11.9 Å². The first kappa shape index (κ1) is 12.5. The van der Waals surface area contributed by atoms with Gasteiger partial charge in [0.05, 0.1) is 6.04 Å². The molecule has 0 bridgehead atoms. The smallest absolute Gasteiger partial charge is 0.236 e. The summed E-state index contributed by atoms with van der Waals surface area (Å²) in [5, 5.41) is 2.93. The van der Waals surface area contributed by atoms with Gasteiger partial charge in [0.1, 0.15) is 0 Å². The van der Waals surface area contributed by atoms with Crippen LogP contribution in [0.25, 0.3) is 0 Å². The van der Waals surface area contributed by atoms with Gasteiger partial charge in [0.25, 0.3) is 0 Å². The SMILES string of the molecule is CCC[C@@H](N)C(=O)NCC1CCCN1C. The molecule has 4 nitrogen and oxygen atoms in total. The van der Waals surface area contributed by atoms with Gasteiger partial charge in [-0.2, -0.15) is 0 Å². The molecule has 1 aliphatic rings. The van der Waals surface area contributed by atoms with Crippen LogP contribution in [-0.4, -0.2) is 43.0 Å². The Bertz CT molecular complexity index is 208. The van der Waals surface area contributed by atoms with Crippen molar-refractivity contribution in [3.63, 3.8) is 0 Å². The molecule has 0 aliphatic carbocycles. The van der Waals surface area contributed by atoms with Gasteiger partial charge in [-0.05, 0) is 32.9 Å². The van der Waals surface area contributed by atoms with Gasteiger partial charge in [0.2, 0.25) is 5.91 Å². The van der Waals surface area contributed by atoms with Gasteiger partial charge in [0, 0.05) is 12.6 Å². The van der Waals surface area contributed by atoms with E-state index < -0.39 is 0 Å². The number of carbonyl (C=O) groups excluding carboxylic acids is 1. The standard InChI is InChI=1S/C11H23N3O/c1-3-5-10(12)11(15)13-8-9-6-4-7-14(9)2/h9-10H,3-8,12H2,1-2H3,(H,13,15)/t9?,10-/m1/s1. The second-order valence-electron chi connectivity index (χ2n) is 4.42. The molecule has 0 radical (unpaired) electrons. The molecule has 15 heavy (non-hydrogen) atoms. The maximum Gasteiger partial charge on any atom is 0.236 e. The van der Waals surface area contributed by atoms with Crippen LogP contribution in [0.3, 0.4) is 0 Å². The van der Waals surface area contributed by atoms with Crippen molar-refractivity contribution in [3.05, 3.63) is 0 Å². The van der Waals surface area contributed by atoms with Crippen LogP contribution in [0.2, 0.25) is 0 Å². The molecular formula is C11H23N3O. The van der Waals surface area contributed by atoms with Gasteiger partial charge in [0.15, 0.2) is 0 Å². The molecule has 0 aromatic carbocycles. The lowest BCUT2D eigenvalue weighted by Gasteiger charge is -2.20. The van der Waals surface area contributed by atoms with Gasteiger partial charge in [-0.15, -0.1) is 0 Å². The zero-order valence-electron chi connectivity index (χ0n) is 9.83. The molecule has 0 saturated carbocycles. The number of amides is 1. The Labute approximate surface area is 92.2 Å². The van der Waals surface area contributed by atoms with E-state index in [0.717, 1.165) is 25.9 Å². The van der Waals surface area contributed by atoms with Crippen LogP contribution in [0.1, 0.15) is 32.6 Å². The summed E-state index contributed by atoms with van der Waals surface area (Å²) in [6.45, 7) is 3.92. The fraction of sp³-hybridized carbons (Fsp3) is 0.909. The summed E-state index contributed by atoms with van der Waals surface area (Å²) in [6, 6.07) is 0.171. The highest BCUT2D eigenvalue weighted by molar-refractivity contribution is 5.81. The van der Waals surface area contributed by atoms with Gasteiger partial charge < -0.3 is 16.0 Å². The third-order valence-corrected chi connectivity index (χ3v) is 3.12. The minimum absolute atomic E-state index is 0.00264. The lowest BCUT2D eigenvalue weighted by atomic mass is 10.1. The highest BCUT2D eigenvalue weighted by atomic mass is 16.2. The number of hydrogen-bond donors (Lipinski definition) is 2. The van der Waals surface area contributed by atoms with Crippen LogP contribution in [0.4, 0.5) is 0 Å². The van der Waals surface area contributed by atoms with Gasteiger partial charge in [-0.25, -0.2) is 0 Å². The summed E-state index contributed by atoms with van der Waals surface area (Å²) in [6.07, 6.45) is 4.14. The quantitative estimate of drug-likeness (QED) is 0.691. The molecule has 1 amide bonds.